The summed E-state index contributed by atoms with van der Waals surface area (Å²) in [5, 5.41) is 3.64. The Morgan fingerprint density at radius 3 is 2.76 bits per heavy atom. The Morgan fingerprint density at radius 1 is 1.19 bits per heavy atom. The van der Waals surface area contributed by atoms with E-state index in [2.05, 4.69) is 6.07 Å². The van der Waals surface area contributed by atoms with Crippen molar-refractivity contribution in [3.8, 4) is 5.75 Å². The largest absolute Gasteiger partial charge is 0.492 e. The highest BCUT2D eigenvalue weighted by Crippen LogP contribution is 2.34. The molecule has 4 heteroatoms. The van der Waals surface area contributed by atoms with Crippen LogP contribution in [0.3, 0.4) is 0 Å². The zero-order valence-electron chi connectivity index (χ0n) is 12.0. The van der Waals surface area contributed by atoms with E-state index in [1.54, 1.807) is 5.01 Å². The van der Waals surface area contributed by atoms with Gasteiger partial charge in [-0.05, 0) is 37.1 Å². The zero-order chi connectivity index (χ0) is 14.7. The van der Waals surface area contributed by atoms with Crippen molar-refractivity contribution in [2.24, 2.45) is 0 Å². The van der Waals surface area contributed by atoms with Gasteiger partial charge in [-0.15, -0.1) is 0 Å². The maximum atomic E-state index is 11.7. The van der Waals surface area contributed by atoms with Gasteiger partial charge in [-0.2, -0.15) is 0 Å². The number of benzene rings is 2. The maximum absolute atomic E-state index is 11.7. The summed E-state index contributed by atoms with van der Waals surface area (Å²) in [6.07, 6.45) is 1.79. The number of hydrazine groups is 1. The molecule has 1 amide bonds. The molecular formula is C17H18N2O2. The molecule has 0 unspecified atom stereocenters. The predicted molar refractivity (Wildman–Crippen MR) is 83.6 cm³/mol. The van der Waals surface area contributed by atoms with E-state index < -0.39 is 0 Å². The molecule has 0 aromatic heterocycles. The van der Waals surface area contributed by atoms with Crippen LogP contribution >= 0.6 is 0 Å². The second-order valence-corrected chi connectivity index (χ2v) is 4.85. The maximum Gasteiger partial charge on any atom is 0.233 e. The van der Waals surface area contributed by atoms with Crippen LogP contribution in [0.2, 0.25) is 0 Å². The summed E-state index contributed by atoms with van der Waals surface area (Å²) in [4.78, 5) is 11.7. The van der Waals surface area contributed by atoms with Crippen LogP contribution in [0.4, 0.5) is 11.4 Å². The van der Waals surface area contributed by atoms with E-state index in [0.29, 0.717) is 6.61 Å². The number of amides is 1. The second-order valence-electron chi connectivity index (χ2n) is 4.85. The molecular weight excluding hydrogens is 264 g/mol. The van der Waals surface area contributed by atoms with E-state index >= 15 is 0 Å². The van der Waals surface area contributed by atoms with Gasteiger partial charge in [-0.3, -0.25) is 9.80 Å². The van der Waals surface area contributed by atoms with Crippen molar-refractivity contribution in [1.29, 1.82) is 0 Å². The van der Waals surface area contributed by atoms with Crippen molar-refractivity contribution in [3.05, 3.63) is 54.1 Å². The van der Waals surface area contributed by atoms with E-state index in [4.69, 9.17) is 4.74 Å². The van der Waals surface area contributed by atoms with Crippen molar-refractivity contribution >= 4 is 17.8 Å². The molecule has 3 rings (SSSR count). The highest BCUT2D eigenvalue weighted by molar-refractivity contribution is 5.84. The van der Waals surface area contributed by atoms with Crippen LogP contribution in [-0.4, -0.2) is 19.6 Å². The fourth-order valence-electron chi connectivity index (χ4n) is 2.71. The number of carbonyl (C=O) groups is 1. The van der Waals surface area contributed by atoms with Gasteiger partial charge < -0.3 is 4.74 Å². The smallest absolute Gasteiger partial charge is 0.233 e. The Labute approximate surface area is 124 Å². The fraction of sp³-hybridized carbons (Fsp3) is 0.235. The minimum Gasteiger partial charge on any atom is -0.492 e. The number of nitrogens with zero attached hydrogens (tertiary/aromatic N) is 2. The molecule has 4 nitrogen and oxygen atoms in total. The van der Waals surface area contributed by atoms with Crippen LogP contribution in [0.25, 0.3) is 0 Å². The minimum atomic E-state index is 0.570. The molecule has 21 heavy (non-hydrogen) atoms. The molecule has 1 aliphatic rings. The summed E-state index contributed by atoms with van der Waals surface area (Å²) in [6, 6.07) is 15.8. The number of para-hydroxylation sites is 3. The monoisotopic (exact) mass is 282 g/mol. The first-order chi connectivity index (χ1) is 10.3. The molecule has 0 bridgehead atoms. The Balaban J connectivity index is 1.99. The van der Waals surface area contributed by atoms with Gasteiger partial charge in [0.25, 0.3) is 0 Å². The number of hydrogen-bond acceptors (Lipinski definition) is 3. The molecule has 2 aromatic rings. The Morgan fingerprint density at radius 2 is 1.95 bits per heavy atom. The van der Waals surface area contributed by atoms with Crippen LogP contribution in [0.15, 0.2) is 48.5 Å². The Hall–Kier alpha value is -2.49. The first kappa shape index (κ1) is 13.5. The number of rotatable bonds is 5. The molecule has 0 atom stereocenters. The Bertz CT molecular complexity index is 642. The lowest BCUT2D eigenvalue weighted by atomic mass is 10.2. The lowest BCUT2D eigenvalue weighted by Crippen LogP contribution is -2.41. The highest BCUT2D eigenvalue weighted by atomic mass is 16.5. The summed E-state index contributed by atoms with van der Waals surface area (Å²) >= 11 is 0. The lowest BCUT2D eigenvalue weighted by Gasteiger charge is -2.31. The molecule has 0 aliphatic carbocycles. The normalized spacial score (nSPS) is 12.9. The van der Waals surface area contributed by atoms with Gasteiger partial charge >= 0.3 is 0 Å². The van der Waals surface area contributed by atoms with Crippen LogP contribution in [-0.2, 0) is 11.2 Å². The van der Waals surface area contributed by atoms with Crippen molar-refractivity contribution in [2.75, 3.05) is 23.2 Å². The molecule has 0 N–H and O–H groups in total. The summed E-state index contributed by atoms with van der Waals surface area (Å²) in [7, 11) is 0. The molecule has 108 valence electrons. The van der Waals surface area contributed by atoms with Crippen molar-refractivity contribution in [1.82, 2.24) is 0 Å². The van der Waals surface area contributed by atoms with Crippen LogP contribution in [0.5, 0.6) is 5.75 Å². The number of anilines is 2. The second kappa shape index (κ2) is 5.87. The van der Waals surface area contributed by atoms with Gasteiger partial charge in [-0.25, -0.2) is 5.01 Å². The first-order valence-electron chi connectivity index (χ1n) is 7.17. The molecule has 0 saturated carbocycles. The molecule has 0 saturated heterocycles. The van der Waals surface area contributed by atoms with Gasteiger partial charge in [-0.1, -0.05) is 30.3 Å². The van der Waals surface area contributed by atoms with Gasteiger partial charge in [0.2, 0.25) is 6.41 Å². The van der Waals surface area contributed by atoms with Crippen LogP contribution in [0.1, 0.15) is 12.5 Å². The highest BCUT2D eigenvalue weighted by Gasteiger charge is 2.25. The van der Waals surface area contributed by atoms with E-state index in [1.807, 2.05) is 54.4 Å². The van der Waals surface area contributed by atoms with E-state index in [0.717, 1.165) is 36.5 Å². The summed E-state index contributed by atoms with van der Waals surface area (Å²) in [5.74, 6) is 0.719. The van der Waals surface area contributed by atoms with Gasteiger partial charge in [0, 0.05) is 6.54 Å². The third kappa shape index (κ3) is 2.44. The zero-order valence-corrected chi connectivity index (χ0v) is 12.0. The number of ether oxygens (including phenoxy) is 1. The number of hydrogen-bond donors (Lipinski definition) is 0. The van der Waals surface area contributed by atoms with Crippen LogP contribution < -0.4 is 14.8 Å². The quantitative estimate of drug-likeness (QED) is 0.790. The van der Waals surface area contributed by atoms with Gasteiger partial charge in [0.05, 0.1) is 12.3 Å². The van der Waals surface area contributed by atoms with E-state index in [-0.39, 0.29) is 0 Å². The lowest BCUT2D eigenvalue weighted by molar-refractivity contribution is -0.107. The van der Waals surface area contributed by atoms with E-state index in [9.17, 15) is 4.79 Å². The average Bonchev–Trinajstić information content (AvgIpc) is 2.94. The van der Waals surface area contributed by atoms with Crippen molar-refractivity contribution in [2.45, 2.75) is 13.3 Å². The molecule has 1 heterocycles. The SMILES string of the molecule is CCOc1ccccc1N(C=O)N1CCc2ccccc21. The third-order valence-electron chi connectivity index (χ3n) is 3.63. The predicted octanol–water partition coefficient (Wildman–Crippen LogP) is 3.03. The molecule has 0 radical (unpaired) electrons. The Kier molecular flexibility index (Phi) is 3.77. The topological polar surface area (TPSA) is 32.8 Å². The van der Waals surface area contributed by atoms with Crippen molar-refractivity contribution in [3.63, 3.8) is 0 Å². The molecule has 0 spiro atoms. The first-order valence-corrected chi connectivity index (χ1v) is 7.17. The van der Waals surface area contributed by atoms with Gasteiger partial charge in [0.15, 0.2) is 0 Å². The minimum absolute atomic E-state index is 0.570. The summed E-state index contributed by atoms with van der Waals surface area (Å²) < 4.78 is 5.64. The summed E-state index contributed by atoms with van der Waals surface area (Å²) in [5.41, 5.74) is 3.11. The third-order valence-corrected chi connectivity index (χ3v) is 3.63. The van der Waals surface area contributed by atoms with E-state index in [1.165, 1.54) is 5.56 Å². The standard InChI is InChI=1S/C17H18N2O2/c1-2-21-17-10-6-5-9-16(17)19(13-20)18-12-11-14-7-3-4-8-15(14)18/h3-10,13H,2,11-12H2,1H3. The number of fused-ring (bicyclic) bond motifs is 1. The average molecular weight is 282 g/mol. The molecule has 0 fully saturated rings. The van der Waals surface area contributed by atoms with Crippen LogP contribution in [0, 0.1) is 0 Å². The van der Waals surface area contributed by atoms with Crippen molar-refractivity contribution < 1.29 is 9.53 Å². The molecule has 2 aromatic carbocycles. The van der Waals surface area contributed by atoms with Gasteiger partial charge in [0.1, 0.15) is 11.4 Å². The number of carbonyl (C=O) groups excluding carboxylic acids is 1. The molecule has 1 aliphatic heterocycles. The summed E-state index contributed by atoms with van der Waals surface area (Å²) in [6.45, 7) is 3.30. The fourth-order valence-corrected chi connectivity index (χ4v) is 2.71.